The molecule has 0 aromatic heterocycles. The predicted molar refractivity (Wildman–Crippen MR) is 82.5 cm³/mol. The van der Waals surface area contributed by atoms with E-state index in [0.717, 1.165) is 18.8 Å². The van der Waals surface area contributed by atoms with Crippen molar-refractivity contribution in [3.63, 3.8) is 0 Å². The van der Waals surface area contributed by atoms with Crippen LogP contribution in [0.4, 0.5) is 0 Å². The van der Waals surface area contributed by atoms with E-state index in [1.54, 1.807) is 14.2 Å². The van der Waals surface area contributed by atoms with Crippen molar-refractivity contribution in [3.05, 3.63) is 65.2 Å². The molecule has 2 nitrogen and oxygen atoms in total. The van der Waals surface area contributed by atoms with Crippen molar-refractivity contribution in [3.8, 4) is 5.75 Å². The van der Waals surface area contributed by atoms with Gasteiger partial charge in [-0.05, 0) is 23.6 Å². The van der Waals surface area contributed by atoms with Gasteiger partial charge in [0.25, 0.3) is 0 Å². The fraction of sp³-hybridized carbons (Fsp3) is 0.333. The van der Waals surface area contributed by atoms with Crippen molar-refractivity contribution >= 4 is 0 Å². The summed E-state index contributed by atoms with van der Waals surface area (Å²) in [6.45, 7) is 2.98. The molecule has 3 rings (SSSR count). The highest BCUT2D eigenvalue weighted by molar-refractivity contribution is 5.66. The van der Waals surface area contributed by atoms with Crippen molar-refractivity contribution in [2.45, 2.75) is 19.3 Å². The standard InChI is InChI=1S/C14H12O.C4H10O/c1-15-12-9-5-8-11-13(14(11)12)10-6-3-2-4-7-10;1-3-4-5-2/h2-9,13H,1H3;3-4H2,1-2H3. The monoisotopic (exact) mass is 270 g/mol. The number of hydrogen-bond acceptors (Lipinski definition) is 2. The second-order valence-corrected chi connectivity index (χ2v) is 4.80. The van der Waals surface area contributed by atoms with Crippen molar-refractivity contribution in [1.29, 1.82) is 0 Å². The van der Waals surface area contributed by atoms with Crippen LogP contribution in [0, 0.1) is 0 Å². The molecule has 0 N–H and O–H groups in total. The summed E-state index contributed by atoms with van der Waals surface area (Å²) in [7, 11) is 3.44. The van der Waals surface area contributed by atoms with Crippen LogP contribution < -0.4 is 4.74 Å². The molecule has 1 aliphatic carbocycles. The lowest BCUT2D eigenvalue weighted by Crippen LogP contribution is -1.83. The molecular weight excluding hydrogens is 248 g/mol. The van der Waals surface area contributed by atoms with Gasteiger partial charge in [-0.3, -0.25) is 0 Å². The lowest BCUT2D eigenvalue weighted by Gasteiger charge is -1.98. The van der Waals surface area contributed by atoms with Gasteiger partial charge in [0.2, 0.25) is 0 Å². The second-order valence-electron chi connectivity index (χ2n) is 4.80. The molecule has 0 bridgehead atoms. The molecule has 2 aromatic rings. The Morgan fingerprint density at radius 2 is 1.70 bits per heavy atom. The zero-order valence-corrected chi connectivity index (χ0v) is 12.4. The third-order valence-corrected chi connectivity index (χ3v) is 3.38. The number of ether oxygens (including phenoxy) is 2. The number of fused-ring (bicyclic) bond motifs is 1. The molecule has 0 aliphatic heterocycles. The van der Waals surface area contributed by atoms with Crippen molar-refractivity contribution in [2.24, 2.45) is 0 Å². The first-order valence-corrected chi connectivity index (χ1v) is 7.04. The summed E-state index contributed by atoms with van der Waals surface area (Å²) in [6.07, 6.45) is 1.12. The minimum atomic E-state index is 0.469. The number of hydrogen-bond donors (Lipinski definition) is 0. The summed E-state index contributed by atoms with van der Waals surface area (Å²) < 4.78 is 10.0. The minimum Gasteiger partial charge on any atom is -0.496 e. The molecule has 0 radical (unpaired) electrons. The molecule has 1 aliphatic rings. The van der Waals surface area contributed by atoms with E-state index in [4.69, 9.17) is 9.47 Å². The summed E-state index contributed by atoms with van der Waals surface area (Å²) in [5.41, 5.74) is 4.11. The van der Waals surface area contributed by atoms with Crippen LogP contribution in [-0.2, 0) is 4.74 Å². The van der Waals surface area contributed by atoms with Crippen LogP contribution in [0.5, 0.6) is 5.75 Å². The van der Waals surface area contributed by atoms with Crippen LogP contribution in [0.2, 0.25) is 0 Å². The Labute approximate surface area is 121 Å². The summed E-state index contributed by atoms with van der Waals surface area (Å²) in [6, 6.07) is 16.8. The maximum atomic E-state index is 5.35. The van der Waals surface area contributed by atoms with E-state index < -0.39 is 0 Å². The molecular formula is C18H22O2. The molecule has 106 valence electrons. The zero-order chi connectivity index (χ0) is 14.4. The molecule has 0 saturated carbocycles. The van der Waals surface area contributed by atoms with E-state index >= 15 is 0 Å². The molecule has 0 amide bonds. The van der Waals surface area contributed by atoms with Gasteiger partial charge in [-0.2, -0.15) is 0 Å². The Hall–Kier alpha value is -1.80. The quantitative estimate of drug-likeness (QED) is 0.706. The van der Waals surface area contributed by atoms with Gasteiger partial charge in [0, 0.05) is 25.2 Å². The Morgan fingerprint density at radius 1 is 0.950 bits per heavy atom. The van der Waals surface area contributed by atoms with Crippen LogP contribution >= 0.6 is 0 Å². The first-order chi connectivity index (χ1) is 9.83. The fourth-order valence-electron chi connectivity index (χ4n) is 2.41. The van der Waals surface area contributed by atoms with E-state index in [9.17, 15) is 0 Å². The van der Waals surface area contributed by atoms with Gasteiger partial charge in [0.1, 0.15) is 5.75 Å². The SMILES string of the molecule is CCCOC.COc1cccc2c1C2c1ccccc1. The molecule has 20 heavy (non-hydrogen) atoms. The van der Waals surface area contributed by atoms with Gasteiger partial charge in [-0.15, -0.1) is 0 Å². The van der Waals surface area contributed by atoms with Crippen LogP contribution in [-0.4, -0.2) is 20.8 Å². The van der Waals surface area contributed by atoms with E-state index in [2.05, 4.69) is 43.3 Å². The smallest absolute Gasteiger partial charge is 0.123 e. The molecule has 2 aromatic carbocycles. The van der Waals surface area contributed by atoms with E-state index in [0.29, 0.717) is 5.92 Å². The Balaban J connectivity index is 0.000000257. The molecule has 0 fully saturated rings. The van der Waals surface area contributed by atoms with Crippen LogP contribution in [0.25, 0.3) is 0 Å². The van der Waals surface area contributed by atoms with Crippen LogP contribution in [0.3, 0.4) is 0 Å². The highest BCUT2D eigenvalue weighted by atomic mass is 16.5. The highest BCUT2D eigenvalue weighted by Gasteiger charge is 2.36. The van der Waals surface area contributed by atoms with E-state index in [1.807, 2.05) is 12.1 Å². The van der Waals surface area contributed by atoms with Gasteiger partial charge in [0.05, 0.1) is 7.11 Å². The number of rotatable bonds is 4. The Kier molecular flexibility index (Phi) is 5.19. The van der Waals surface area contributed by atoms with Crippen LogP contribution in [0.1, 0.15) is 36.0 Å². The molecule has 0 saturated heterocycles. The molecule has 1 atom stereocenters. The predicted octanol–water partition coefficient (Wildman–Crippen LogP) is 4.23. The Morgan fingerprint density at radius 3 is 2.25 bits per heavy atom. The van der Waals surface area contributed by atoms with Gasteiger partial charge in [-0.1, -0.05) is 49.4 Å². The van der Waals surface area contributed by atoms with Gasteiger partial charge in [-0.25, -0.2) is 0 Å². The van der Waals surface area contributed by atoms with Crippen molar-refractivity contribution in [1.82, 2.24) is 0 Å². The highest BCUT2D eigenvalue weighted by Crippen LogP contribution is 2.52. The third-order valence-electron chi connectivity index (χ3n) is 3.38. The first kappa shape index (κ1) is 14.6. The van der Waals surface area contributed by atoms with Crippen molar-refractivity contribution in [2.75, 3.05) is 20.8 Å². The molecule has 2 heteroatoms. The summed E-state index contributed by atoms with van der Waals surface area (Å²) >= 11 is 0. The Bertz CT molecular complexity index is 532. The van der Waals surface area contributed by atoms with E-state index in [1.165, 1.54) is 16.7 Å². The lowest BCUT2D eigenvalue weighted by molar-refractivity contribution is 0.199. The van der Waals surface area contributed by atoms with Gasteiger partial charge >= 0.3 is 0 Å². The average molecular weight is 270 g/mol. The number of methoxy groups -OCH3 is 2. The lowest BCUT2D eigenvalue weighted by atomic mass is 10.1. The maximum absolute atomic E-state index is 5.35. The summed E-state index contributed by atoms with van der Waals surface area (Å²) in [5, 5.41) is 0. The second kappa shape index (κ2) is 7.11. The normalized spacial score (nSPS) is 14.8. The minimum absolute atomic E-state index is 0.469. The maximum Gasteiger partial charge on any atom is 0.123 e. The topological polar surface area (TPSA) is 18.5 Å². The number of benzene rings is 2. The first-order valence-electron chi connectivity index (χ1n) is 7.04. The zero-order valence-electron chi connectivity index (χ0n) is 12.4. The molecule has 1 unspecified atom stereocenters. The fourth-order valence-corrected chi connectivity index (χ4v) is 2.41. The molecule has 0 spiro atoms. The van der Waals surface area contributed by atoms with Crippen molar-refractivity contribution < 1.29 is 9.47 Å². The third kappa shape index (κ3) is 3.20. The van der Waals surface area contributed by atoms with Gasteiger partial charge < -0.3 is 9.47 Å². The summed E-state index contributed by atoms with van der Waals surface area (Å²) in [5.74, 6) is 1.48. The molecule has 0 heterocycles. The van der Waals surface area contributed by atoms with E-state index in [-0.39, 0.29) is 0 Å². The average Bonchev–Trinajstić information content (AvgIpc) is 3.24. The van der Waals surface area contributed by atoms with Crippen LogP contribution in [0.15, 0.2) is 48.5 Å². The van der Waals surface area contributed by atoms with Gasteiger partial charge in [0.15, 0.2) is 0 Å². The largest absolute Gasteiger partial charge is 0.496 e. The summed E-state index contributed by atoms with van der Waals surface area (Å²) in [4.78, 5) is 0.